The molecule has 0 atom stereocenters. The Hall–Kier alpha value is -4.31. The predicted molar refractivity (Wildman–Crippen MR) is 147 cm³/mol. The van der Waals surface area contributed by atoms with Gasteiger partial charge in [0.05, 0.1) is 28.8 Å². The van der Waals surface area contributed by atoms with Crippen molar-refractivity contribution in [3.8, 4) is 5.75 Å². The number of aryl methyl sites for hydroxylation is 3. The van der Waals surface area contributed by atoms with Gasteiger partial charge in [0, 0.05) is 17.8 Å². The number of carbonyl (C=O) groups excluding carboxylic acids is 3. The normalized spacial score (nSPS) is 12.8. The molecule has 0 saturated heterocycles. The van der Waals surface area contributed by atoms with E-state index in [2.05, 4.69) is 10.3 Å². The third kappa shape index (κ3) is 4.47. The van der Waals surface area contributed by atoms with Crippen LogP contribution in [0.4, 0.5) is 11.4 Å². The quantitative estimate of drug-likeness (QED) is 0.373. The fraction of sp³-hybridized carbons (Fsp3) is 0.250. The Balaban J connectivity index is 1.42. The van der Waals surface area contributed by atoms with E-state index in [1.165, 1.54) is 10.9 Å². The summed E-state index contributed by atoms with van der Waals surface area (Å²) in [4.78, 5) is 58.5. The molecule has 1 aliphatic rings. The summed E-state index contributed by atoms with van der Waals surface area (Å²) < 4.78 is 6.72. The molecule has 0 aliphatic carbocycles. The van der Waals surface area contributed by atoms with Gasteiger partial charge in [-0.15, -0.1) is 11.3 Å². The summed E-state index contributed by atoms with van der Waals surface area (Å²) in [5.41, 5.74) is 3.75. The number of amides is 2. The minimum absolute atomic E-state index is 0.0418. The van der Waals surface area contributed by atoms with Crippen LogP contribution in [0, 0.1) is 20.8 Å². The first kappa shape index (κ1) is 25.3. The molecular weight excluding hydrogens is 504 g/mol. The molecule has 194 valence electrons. The maximum Gasteiger partial charge on any atom is 0.266 e. The molecule has 10 heteroatoms. The van der Waals surface area contributed by atoms with Crippen LogP contribution in [0.15, 0.2) is 47.5 Å². The van der Waals surface area contributed by atoms with Gasteiger partial charge >= 0.3 is 0 Å². The zero-order valence-electron chi connectivity index (χ0n) is 21.5. The Morgan fingerprint density at radius 1 is 1.11 bits per heavy atom. The van der Waals surface area contributed by atoms with Gasteiger partial charge in [0.2, 0.25) is 0 Å². The Morgan fingerprint density at radius 2 is 1.89 bits per heavy atom. The van der Waals surface area contributed by atoms with Gasteiger partial charge in [0.1, 0.15) is 10.6 Å². The molecule has 0 spiro atoms. The van der Waals surface area contributed by atoms with Crippen LogP contribution in [-0.2, 0) is 11.3 Å². The van der Waals surface area contributed by atoms with Crippen LogP contribution in [0.5, 0.6) is 5.75 Å². The minimum atomic E-state index is -0.394. The zero-order valence-corrected chi connectivity index (χ0v) is 22.3. The number of aromatic nitrogens is 2. The van der Waals surface area contributed by atoms with Gasteiger partial charge < -0.3 is 15.0 Å². The number of likely N-dealkylation sites (N-methyl/N-ethyl adjacent to an activating group) is 1. The fourth-order valence-electron chi connectivity index (χ4n) is 4.59. The second-order valence-electron chi connectivity index (χ2n) is 9.22. The lowest BCUT2D eigenvalue weighted by molar-refractivity contribution is -0.121. The highest BCUT2D eigenvalue weighted by molar-refractivity contribution is 7.20. The summed E-state index contributed by atoms with van der Waals surface area (Å²) in [6.45, 7) is 7.64. The molecule has 0 fully saturated rings. The minimum Gasteiger partial charge on any atom is -0.482 e. The van der Waals surface area contributed by atoms with E-state index < -0.39 is 5.56 Å². The zero-order chi connectivity index (χ0) is 27.1. The van der Waals surface area contributed by atoms with Crippen molar-refractivity contribution in [3.63, 3.8) is 0 Å². The van der Waals surface area contributed by atoms with Crippen molar-refractivity contribution >= 4 is 50.5 Å². The van der Waals surface area contributed by atoms with E-state index in [1.54, 1.807) is 30.0 Å². The highest BCUT2D eigenvalue weighted by Gasteiger charge is 2.26. The summed E-state index contributed by atoms with van der Waals surface area (Å²) >= 11 is 1.14. The number of benzene rings is 2. The Kier molecular flexibility index (Phi) is 6.58. The standard InChI is InChI=1S/C28H26N4O5S/c1-5-32-20-11-18(7-9-22(20)37-13-23(32)34)21(33)12-31-14-29-27-24(28(31)36)17(4)25(38-27)26(35)30-19-8-6-15(2)10-16(19)3/h6-11,14H,5,12-13H2,1-4H3,(H,30,35). The topological polar surface area (TPSA) is 111 Å². The molecule has 4 aromatic rings. The lowest BCUT2D eigenvalue weighted by atomic mass is 10.1. The summed E-state index contributed by atoms with van der Waals surface area (Å²) in [7, 11) is 0. The number of Topliss-reactive ketones (excluding diaryl/α,β-unsaturated/α-hetero) is 1. The molecule has 0 radical (unpaired) electrons. The Labute approximate surface area is 222 Å². The third-order valence-corrected chi connectivity index (χ3v) is 7.81. The van der Waals surface area contributed by atoms with Crippen molar-refractivity contribution in [1.82, 2.24) is 9.55 Å². The molecule has 1 aliphatic heterocycles. The van der Waals surface area contributed by atoms with E-state index in [1.807, 2.05) is 39.0 Å². The van der Waals surface area contributed by atoms with Crippen molar-refractivity contribution in [2.75, 3.05) is 23.4 Å². The molecule has 3 heterocycles. The Bertz CT molecular complexity index is 1690. The highest BCUT2D eigenvalue weighted by Crippen LogP contribution is 2.33. The molecule has 1 N–H and O–H groups in total. The van der Waals surface area contributed by atoms with Crippen molar-refractivity contribution in [2.24, 2.45) is 0 Å². The number of ketones is 1. The van der Waals surface area contributed by atoms with Crippen molar-refractivity contribution < 1.29 is 19.1 Å². The summed E-state index contributed by atoms with van der Waals surface area (Å²) in [6.07, 6.45) is 1.33. The maximum absolute atomic E-state index is 13.3. The number of carbonyl (C=O) groups is 3. The van der Waals surface area contributed by atoms with Gasteiger partial charge in [-0.2, -0.15) is 0 Å². The molecular formula is C28H26N4O5S. The van der Waals surface area contributed by atoms with Crippen molar-refractivity contribution in [2.45, 2.75) is 34.2 Å². The first-order valence-electron chi connectivity index (χ1n) is 12.2. The molecule has 2 aromatic carbocycles. The van der Waals surface area contributed by atoms with Crippen LogP contribution >= 0.6 is 11.3 Å². The fourth-order valence-corrected chi connectivity index (χ4v) is 5.62. The van der Waals surface area contributed by atoms with Crippen LogP contribution in [-0.4, -0.2) is 40.3 Å². The van der Waals surface area contributed by atoms with Gasteiger partial charge in [-0.1, -0.05) is 17.7 Å². The molecule has 9 nitrogen and oxygen atoms in total. The van der Waals surface area contributed by atoms with E-state index in [0.717, 1.165) is 22.5 Å². The SMILES string of the molecule is CCN1C(=O)COc2ccc(C(=O)Cn3cnc4sc(C(=O)Nc5ccc(C)cc5C)c(C)c4c3=O)cc21. The smallest absolute Gasteiger partial charge is 0.266 e. The van der Waals surface area contributed by atoms with Crippen LogP contribution in [0.1, 0.15) is 43.6 Å². The second-order valence-corrected chi connectivity index (χ2v) is 10.2. The summed E-state index contributed by atoms with van der Waals surface area (Å²) in [5, 5.41) is 3.24. The van der Waals surface area contributed by atoms with E-state index in [4.69, 9.17) is 4.74 Å². The summed E-state index contributed by atoms with van der Waals surface area (Å²) in [6, 6.07) is 10.6. The number of anilines is 2. The van der Waals surface area contributed by atoms with Gasteiger partial charge in [0.25, 0.3) is 17.4 Å². The second kappa shape index (κ2) is 9.86. The van der Waals surface area contributed by atoms with Crippen LogP contribution in [0.2, 0.25) is 0 Å². The highest BCUT2D eigenvalue weighted by atomic mass is 32.1. The number of rotatable bonds is 6. The first-order valence-corrected chi connectivity index (χ1v) is 13.0. The molecule has 5 rings (SSSR count). The van der Waals surface area contributed by atoms with Crippen molar-refractivity contribution in [1.29, 1.82) is 0 Å². The first-order chi connectivity index (χ1) is 18.2. The number of fused-ring (bicyclic) bond motifs is 2. The van der Waals surface area contributed by atoms with Gasteiger partial charge in [-0.3, -0.25) is 23.7 Å². The average molecular weight is 531 g/mol. The molecule has 0 unspecified atom stereocenters. The monoisotopic (exact) mass is 530 g/mol. The van der Waals surface area contributed by atoms with Crippen LogP contribution in [0.3, 0.4) is 0 Å². The van der Waals surface area contributed by atoms with Crippen molar-refractivity contribution in [3.05, 3.63) is 80.2 Å². The molecule has 2 aromatic heterocycles. The number of thiophene rings is 1. The van der Waals surface area contributed by atoms with E-state index in [0.29, 0.717) is 49.9 Å². The number of nitrogens with one attached hydrogen (secondary N) is 1. The number of hydrogen-bond donors (Lipinski definition) is 1. The van der Waals surface area contributed by atoms with E-state index >= 15 is 0 Å². The van der Waals surface area contributed by atoms with Gasteiger partial charge in [-0.25, -0.2) is 4.98 Å². The lowest BCUT2D eigenvalue weighted by Gasteiger charge is -2.28. The Morgan fingerprint density at radius 3 is 2.63 bits per heavy atom. The van der Waals surface area contributed by atoms with E-state index in [9.17, 15) is 19.2 Å². The van der Waals surface area contributed by atoms with E-state index in [-0.39, 0.29) is 30.7 Å². The molecule has 38 heavy (non-hydrogen) atoms. The maximum atomic E-state index is 13.3. The van der Waals surface area contributed by atoms with Crippen LogP contribution < -0.4 is 20.5 Å². The largest absolute Gasteiger partial charge is 0.482 e. The number of ether oxygens (including phenoxy) is 1. The number of nitrogens with zero attached hydrogens (tertiary/aromatic N) is 3. The van der Waals surface area contributed by atoms with Gasteiger partial charge in [-0.05, 0) is 63.1 Å². The van der Waals surface area contributed by atoms with Crippen LogP contribution in [0.25, 0.3) is 10.2 Å². The number of hydrogen-bond acceptors (Lipinski definition) is 7. The predicted octanol–water partition coefficient (Wildman–Crippen LogP) is 4.26. The lowest BCUT2D eigenvalue weighted by Crippen LogP contribution is -2.38. The van der Waals surface area contributed by atoms with Gasteiger partial charge in [0.15, 0.2) is 12.4 Å². The molecule has 2 amide bonds. The summed E-state index contributed by atoms with van der Waals surface area (Å²) in [5.74, 6) is -0.277. The third-order valence-electron chi connectivity index (χ3n) is 6.61. The average Bonchev–Trinajstić information content (AvgIpc) is 3.24. The molecule has 0 saturated carbocycles. The molecule has 0 bridgehead atoms.